The first-order chi connectivity index (χ1) is 24.5. The summed E-state index contributed by atoms with van der Waals surface area (Å²) in [6.45, 7) is 5.55. The van der Waals surface area contributed by atoms with Crippen LogP contribution in [0.15, 0.2) is 57.5 Å². The monoisotopic (exact) mass is 712 g/mol. The quantitative estimate of drug-likeness (QED) is 0.192. The van der Waals surface area contributed by atoms with Crippen LogP contribution < -0.4 is 0 Å². The summed E-state index contributed by atoms with van der Waals surface area (Å²) >= 11 is 2.52. The van der Waals surface area contributed by atoms with Crippen LogP contribution in [0.25, 0.3) is 20.9 Å². The Morgan fingerprint density at radius 2 is 1.04 bits per heavy atom. The Labute approximate surface area is 296 Å². The van der Waals surface area contributed by atoms with Gasteiger partial charge in [-0.1, -0.05) is 13.8 Å². The smallest absolute Gasteiger partial charge is 0.212 e. The average Bonchev–Trinajstić information content (AvgIpc) is 3.89. The highest BCUT2D eigenvalue weighted by atomic mass is 32.1. The fraction of sp³-hybridized carbons (Fsp3) is 0.158. The van der Waals surface area contributed by atoms with E-state index < -0.39 is 40.0 Å². The van der Waals surface area contributed by atoms with E-state index in [9.17, 15) is 43.8 Å². The van der Waals surface area contributed by atoms with Gasteiger partial charge in [-0.3, -0.25) is 9.59 Å². The number of aryl methyl sites for hydroxylation is 1. The topological polar surface area (TPSA) is 154 Å². The third kappa shape index (κ3) is 4.67. The number of rotatable bonds is 4. The third-order valence-corrected chi connectivity index (χ3v) is 11.8. The molecule has 8 nitrogen and oxygen atoms in total. The fourth-order valence-electron chi connectivity index (χ4n) is 7.04. The lowest BCUT2D eigenvalue weighted by Crippen LogP contribution is -2.22. The summed E-state index contributed by atoms with van der Waals surface area (Å²) in [6, 6.07) is 14.9. The number of nitriles is 4. The first-order valence-corrected chi connectivity index (χ1v) is 17.0. The zero-order chi connectivity index (χ0) is 36.5. The normalized spacial score (nSPS) is 16.4. The number of carbonyl (C=O) groups is 2. The van der Waals surface area contributed by atoms with Gasteiger partial charge in [0.1, 0.15) is 62.7 Å². The van der Waals surface area contributed by atoms with Gasteiger partial charge in [0.2, 0.25) is 11.6 Å². The highest BCUT2D eigenvalue weighted by molar-refractivity contribution is 7.26. The zero-order valence-electron chi connectivity index (χ0n) is 26.8. The van der Waals surface area contributed by atoms with E-state index in [2.05, 4.69) is 9.98 Å². The fourth-order valence-corrected chi connectivity index (χ4v) is 9.47. The van der Waals surface area contributed by atoms with Crippen molar-refractivity contribution in [2.45, 2.75) is 39.0 Å². The Balaban J connectivity index is 1.38. The molecule has 3 aliphatic rings. The van der Waals surface area contributed by atoms with E-state index in [1.165, 1.54) is 35.7 Å². The van der Waals surface area contributed by atoms with Gasteiger partial charge in [0.25, 0.3) is 0 Å². The second kappa shape index (κ2) is 12.0. The predicted octanol–water partition coefficient (Wildman–Crippen LogP) is 9.16. The highest BCUT2D eigenvalue weighted by Crippen LogP contribution is 2.61. The van der Waals surface area contributed by atoms with E-state index in [0.717, 1.165) is 39.1 Å². The molecule has 0 spiro atoms. The minimum atomic E-state index is -1.25. The van der Waals surface area contributed by atoms with Crippen LogP contribution >= 0.6 is 22.7 Å². The molecule has 0 aliphatic heterocycles. The number of ketones is 2. The molecule has 0 saturated heterocycles. The molecule has 2 aromatic carbocycles. The van der Waals surface area contributed by atoms with Crippen molar-refractivity contribution in [3.8, 4) is 34.0 Å². The summed E-state index contributed by atoms with van der Waals surface area (Å²) in [6.07, 6.45) is 1.29. The van der Waals surface area contributed by atoms with Gasteiger partial charge in [-0.25, -0.2) is 23.2 Å². The Morgan fingerprint density at radius 3 is 1.45 bits per heavy atom. The SMILES string of the molecule is CCC1(CC)c2cc(N=C3C(=O)c4cc(F)c(C)cc4C3=C(C#N)C#N)sc2-c2sc(N=C3C(=O)c4cc(F)c(F)cc4C3=C(C#N)C#N)cc21. The summed E-state index contributed by atoms with van der Waals surface area (Å²) in [5.74, 6) is -4.45. The largest absolute Gasteiger partial charge is 0.287 e. The van der Waals surface area contributed by atoms with Crippen LogP contribution in [0.4, 0.5) is 23.2 Å². The van der Waals surface area contributed by atoms with Crippen molar-refractivity contribution in [3.05, 3.63) is 104 Å². The molecule has 2 aromatic heterocycles. The number of thiophene rings is 2. The van der Waals surface area contributed by atoms with Crippen molar-refractivity contribution in [2.75, 3.05) is 0 Å². The molecule has 0 bridgehead atoms. The molecule has 2 heterocycles. The van der Waals surface area contributed by atoms with Crippen LogP contribution in [-0.2, 0) is 5.41 Å². The molecule has 0 unspecified atom stereocenters. The van der Waals surface area contributed by atoms with E-state index >= 15 is 0 Å². The maximum absolute atomic E-state index is 14.5. The number of hydrogen-bond donors (Lipinski definition) is 0. The van der Waals surface area contributed by atoms with Crippen LogP contribution in [0.1, 0.15) is 75.2 Å². The van der Waals surface area contributed by atoms with E-state index in [0.29, 0.717) is 22.8 Å². The van der Waals surface area contributed by atoms with Gasteiger partial charge in [-0.05, 0) is 78.4 Å². The maximum Gasteiger partial charge on any atom is 0.212 e. The molecule has 0 fully saturated rings. The molecule has 7 rings (SSSR count). The number of hydrogen-bond acceptors (Lipinski definition) is 10. The number of halogens is 3. The minimum absolute atomic E-state index is 0.0122. The lowest BCUT2D eigenvalue weighted by Gasteiger charge is -2.27. The first-order valence-electron chi connectivity index (χ1n) is 15.4. The van der Waals surface area contributed by atoms with Gasteiger partial charge in [0.05, 0.1) is 9.75 Å². The zero-order valence-corrected chi connectivity index (χ0v) is 28.5. The maximum atomic E-state index is 14.5. The van der Waals surface area contributed by atoms with Gasteiger partial charge in [-0.15, -0.1) is 22.7 Å². The molecular formula is C38H19F3N6O2S2. The van der Waals surface area contributed by atoms with Crippen LogP contribution in [0.2, 0.25) is 0 Å². The van der Waals surface area contributed by atoms with E-state index in [1.54, 1.807) is 12.1 Å². The number of aliphatic imine (C=N–C) groups is 2. The summed E-state index contributed by atoms with van der Waals surface area (Å²) < 4.78 is 43.0. The number of carbonyl (C=O) groups excluding carboxylic acids is 2. The van der Waals surface area contributed by atoms with Gasteiger partial charge in [0.15, 0.2) is 11.6 Å². The average molecular weight is 713 g/mol. The number of benzene rings is 2. The van der Waals surface area contributed by atoms with Crippen molar-refractivity contribution < 1.29 is 22.8 Å². The molecule has 13 heteroatoms. The summed E-state index contributed by atoms with van der Waals surface area (Å²) in [5, 5.41) is 39.6. The molecule has 0 N–H and O–H groups in total. The first kappa shape index (κ1) is 33.3. The van der Waals surface area contributed by atoms with E-state index in [1.807, 2.05) is 38.1 Å². The van der Waals surface area contributed by atoms with Crippen LogP contribution in [0, 0.1) is 69.7 Å². The number of allylic oxidation sites excluding steroid dienone is 4. The van der Waals surface area contributed by atoms with Crippen molar-refractivity contribution >= 4 is 66.8 Å². The molecular weight excluding hydrogens is 694 g/mol. The second-order valence-electron chi connectivity index (χ2n) is 11.9. The van der Waals surface area contributed by atoms with Gasteiger partial charge in [-0.2, -0.15) is 21.0 Å². The van der Waals surface area contributed by atoms with Gasteiger partial charge >= 0.3 is 0 Å². The van der Waals surface area contributed by atoms with Crippen LogP contribution in [-0.4, -0.2) is 23.0 Å². The van der Waals surface area contributed by atoms with E-state index in [4.69, 9.17) is 0 Å². The van der Waals surface area contributed by atoms with Crippen molar-refractivity contribution in [1.82, 2.24) is 0 Å². The number of nitrogens with zero attached hydrogens (tertiary/aromatic N) is 6. The Kier molecular flexibility index (Phi) is 7.80. The predicted molar refractivity (Wildman–Crippen MR) is 186 cm³/mol. The molecule has 4 aromatic rings. The Bertz CT molecular complexity index is 2430. The molecule has 3 aliphatic carbocycles. The molecule has 51 heavy (non-hydrogen) atoms. The van der Waals surface area contributed by atoms with Crippen molar-refractivity contribution in [3.63, 3.8) is 0 Å². The minimum Gasteiger partial charge on any atom is -0.287 e. The molecule has 0 saturated carbocycles. The number of fused-ring (bicyclic) bond motifs is 5. The highest BCUT2D eigenvalue weighted by Gasteiger charge is 2.45. The van der Waals surface area contributed by atoms with Crippen molar-refractivity contribution in [2.24, 2.45) is 9.98 Å². The third-order valence-electron chi connectivity index (χ3n) is 9.56. The second-order valence-corrected chi connectivity index (χ2v) is 14.0. The molecule has 0 amide bonds. The molecule has 0 radical (unpaired) electrons. The Morgan fingerprint density at radius 1 is 0.647 bits per heavy atom. The van der Waals surface area contributed by atoms with Crippen molar-refractivity contribution in [1.29, 1.82) is 21.0 Å². The number of Topliss-reactive ketones (excluding diaryl/α,β-unsaturated/α-hetero) is 2. The van der Waals surface area contributed by atoms with Crippen LogP contribution in [0.3, 0.4) is 0 Å². The van der Waals surface area contributed by atoms with E-state index in [-0.39, 0.29) is 56.0 Å². The standard InChI is InChI=1S/C38H19F3N6O2S2/c1-4-38(5-2)23-10-28(46-32-30(17(12-42)13-43)19-6-16(3)25(39)8-21(19)34(32)48)50-36(23)37-24(38)11-29(51-37)47-33-31(18(14-44)15-45)20-7-26(40)27(41)9-22(20)35(33)49/h6-11H,4-5H2,1-3H3. The lowest BCUT2D eigenvalue weighted by molar-refractivity contribution is 0.106. The summed E-state index contributed by atoms with van der Waals surface area (Å²) in [4.78, 5) is 38.0. The summed E-state index contributed by atoms with van der Waals surface area (Å²) in [5.41, 5.74) is 0.229. The Hall–Kier alpha value is -6.25. The lowest BCUT2D eigenvalue weighted by atomic mass is 9.75. The molecule has 0 atom stereocenters. The van der Waals surface area contributed by atoms with Crippen LogP contribution in [0.5, 0.6) is 0 Å². The molecule has 246 valence electrons. The summed E-state index contributed by atoms with van der Waals surface area (Å²) in [7, 11) is 0. The van der Waals surface area contributed by atoms with Gasteiger partial charge in [0, 0.05) is 33.3 Å². The van der Waals surface area contributed by atoms with Gasteiger partial charge < -0.3 is 0 Å².